The Labute approximate surface area is 124 Å². The standard InChI is InChI=1S/C16H13BrN2O/c1-9-3-2-4-13(18)15(9)16(20)12-8-19-14-7-10(17)5-6-11(12)14/h2-8,19H,18H2,1H3. The predicted molar refractivity (Wildman–Crippen MR) is 85.0 cm³/mol. The molecule has 0 unspecified atom stereocenters. The van der Waals surface area contributed by atoms with Gasteiger partial charge in [0.25, 0.3) is 0 Å². The Kier molecular flexibility index (Phi) is 3.10. The average molecular weight is 329 g/mol. The number of anilines is 1. The molecule has 2 aromatic carbocycles. The Balaban J connectivity index is 2.18. The highest BCUT2D eigenvalue weighted by molar-refractivity contribution is 9.10. The summed E-state index contributed by atoms with van der Waals surface area (Å²) in [5.41, 5.74) is 9.52. The Bertz CT molecular complexity index is 800. The smallest absolute Gasteiger partial charge is 0.197 e. The molecular formula is C16H13BrN2O. The number of nitrogen functional groups attached to an aromatic ring is 1. The minimum atomic E-state index is -0.0471. The van der Waals surface area contributed by atoms with Crippen molar-refractivity contribution in [2.24, 2.45) is 0 Å². The maximum Gasteiger partial charge on any atom is 0.197 e. The largest absolute Gasteiger partial charge is 0.398 e. The van der Waals surface area contributed by atoms with Gasteiger partial charge >= 0.3 is 0 Å². The second-order valence-corrected chi connectivity index (χ2v) is 5.68. The number of hydrogen-bond acceptors (Lipinski definition) is 2. The Morgan fingerprint density at radius 2 is 2.05 bits per heavy atom. The van der Waals surface area contributed by atoms with Gasteiger partial charge in [-0.2, -0.15) is 0 Å². The lowest BCUT2D eigenvalue weighted by atomic mass is 9.97. The zero-order valence-corrected chi connectivity index (χ0v) is 12.5. The maximum absolute atomic E-state index is 12.7. The van der Waals surface area contributed by atoms with Gasteiger partial charge in [-0.25, -0.2) is 0 Å². The van der Waals surface area contributed by atoms with Crippen molar-refractivity contribution in [3.05, 3.63) is 63.8 Å². The van der Waals surface area contributed by atoms with Crippen LogP contribution in [0.2, 0.25) is 0 Å². The lowest BCUT2D eigenvalue weighted by Gasteiger charge is -2.07. The van der Waals surface area contributed by atoms with Crippen LogP contribution in [-0.4, -0.2) is 10.8 Å². The van der Waals surface area contributed by atoms with Crippen molar-refractivity contribution >= 4 is 38.3 Å². The highest BCUT2D eigenvalue weighted by Gasteiger charge is 2.18. The highest BCUT2D eigenvalue weighted by Crippen LogP contribution is 2.27. The first-order valence-corrected chi connectivity index (χ1v) is 7.03. The van der Waals surface area contributed by atoms with E-state index in [9.17, 15) is 4.79 Å². The number of rotatable bonds is 2. The van der Waals surface area contributed by atoms with E-state index in [1.54, 1.807) is 12.3 Å². The van der Waals surface area contributed by atoms with Gasteiger partial charge < -0.3 is 10.7 Å². The van der Waals surface area contributed by atoms with Gasteiger partial charge in [0.1, 0.15) is 0 Å². The van der Waals surface area contributed by atoms with Crippen molar-refractivity contribution in [2.75, 3.05) is 5.73 Å². The van der Waals surface area contributed by atoms with Crippen LogP contribution in [-0.2, 0) is 0 Å². The first-order chi connectivity index (χ1) is 9.58. The van der Waals surface area contributed by atoms with E-state index >= 15 is 0 Å². The number of hydrogen-bond donors (Lipinski definition) is 2. The second kappa shape index (κ2) is 4.80. The molecule has 1 aromatic heterocycles. The zero-order valence-electron chi connectivity index (χ0n) is 10.9. The van der Waals surface area contributed by atoms with Crippen LogP contribution in [0.4, 0.5) is 5.69 Å². The summed E-state index contributed by atoms with van der Waals surface area (Å²) >= 11 is 3.42. The number of nitrogens with two attached hydrogens (primary N) is 1. The molecule has 0 amide bonds. The summed E-state index contributed by atoms with van der Waals surface area (Å²) in [6.07, 6.45) is 1.74. The van der Waals surface area contributed by atoms with Crippen LogP contribution < -0.4 is 5.73 Å². The normalized spacial score (nSPS) is 10.9. The molecule has 3 aromatic rings. The SMILES string of the molecule is Cc1cccc(N)c1C(=O)c1c[nH]c2cc(Br)ccc12. The molecule has 0 saturated heterocycles. The summed E-state index contributed by atoms with van der Waals surface area (Å²) in [4.78, 5) is 15.9. The first-order valence-electron chi connectivity index (χ1n) is 6.24. The minimum Gasteiger partial charge on any atom is -0.398 e. The molecule has 0 aliphatic rings. The summed E-state index contributed by atoms with van der Waals surface area (Å²) in [6, 6.07) is 11.3. The van der Waals surface area contributed by atoms with Gasteiger partial charge in [-0.3, -0.25) is 4.79 Å². The Hall–Kier alpha value is -2.07. The van der Waals surface area contributed by atoms with Crippen molar-refractivity contribution in [3.63, 3.8) is 0 Å². The number of fused-ring (bicyclic) bond motifs is 1. The van der Waals surface area contributed by atoms with E-state index in [4.69, 9.17) is 5.73 Å². The van der Waals surface area contributed by atoms with E-state index in [0.717, 1.165) is 20.9 Å². The molecule has 3 rings (SSSR count). The van der Waals surface area contributed by atoms with Crippen molar-refractivity contribution in [1.29, 1.82) is 0 Å². The number of ketones is 1. The van der Waals surface area contributed by atoms with Crippen LogP contribution in [0.25, 0.3) is 10.9 Å². The lowest BCUT2D eigenvalue weighted by Crippen LogP contribution is -2.07. The van der Waals surface area contributed by atoms with E-state index in [2.05, 4.69) is 20.9 Å². The average Bonchev–Trinajstić information content (AvgIpc) is 2.81. The summed E-state index contributed by atoms with van der Waals surface area (Å²) < 4.78 is 0.973. The van der Waals surface area contributed by atoms with Gasteiger partial charge in [-0.15, -0.1) is 0 Å². The molecule has 1 heterocycles. The predicted octanol–water partition coefficient (Wildman–Crippen LogP) is 4.05. The van der Waals surface area contributed by atoms with Crippen LogP contribution in [0, 0.1) is 6.92 Å². The van der Waals surface area contributed by atoms with Gasteiger partial charge in [0.2, 0.25) is 0 Å². The van der Waals surface area contributed by atoms with Crippen LogP contribution in [0.3, 0.4) is 0 Å². The van der Waals surface area contributed by atoms with E-state index in [-0.39, 0.29) is 5.78 Å². The fourth-order valence-electron chi connectivity index (χ4n) is 2.42. The molecule has 20 heavy (non-hydrogen) atoms. The minimum absolute atomic E-state index is 0.0471. The summed E-state index contributed by atoms with van der Waals surface area (Å²) in [5, 5.41) is 0.904. The number of halogens is 1. The number of carbonyl (C=O) groups is 1. The van der Waals surface area contributed by atoms with Gasteiger partial charge in [0.15, 0.2) is 5.78 Å². The molecule has 0 aliphatic heterocycles. The molecule has 3 N–H and O–H groups in total. The maximum atomic E-state index is 12.7. The molecular weight excluding hydrogens is 316 g/mol. The summed E-state index contributed by atoms with van der Waals surface area (Å²) in [7, 11) is 0. The van der Waals surface area contributed by atoms with E-state index < -0.39 is 0 Å². The number of nitrogens with one attached hydrogen (secondary N) is 1. The summed E-state index contributed by atoms with van der Waals surface area (Å²) in [6.45, 7) is 1.90. The molecule has 0 saturated carbocycles. The van der Waals surface area contributed by atoms with Crippen LogP contribution in [0.5, 0.6) is 0 Å². The third-order valence-electron chi connectivity index (χ3n) is 3.42. The lowest BCUT2D eigenvalue weighted by molar-refractivity contribution is 0.104. The number of carbonyl (C=O) groups excluding carboxylic acids is 1. The fourth-order valence-corrected chi connectivity index (χ4v) is 2.78. The molecule has 100 valence electrons. The molecule has 0 fully saturated rings. The quantitative estimate of drug-likeness (QED) is 0.550. The van der Waals surface area contributed by atoms with Crippen molar-refractivity contribution < 1.29 is 4.79 Å². The van der Waals surface area contributed by atoms with E-state index in [0.29, 0.717) is 16.8 Å². The zero-order chi connectivity index (χ0) is 14.3. The number of H-pyrrole nitrogens is 1. The molecule has 0 radical (unpaired) electrons. The number of aromatic nitrogens is 1. The molecule has 0 atom stereocenters. The van der Waals surface area contributed by atoms with Gasteiger partial charge in [0.05, 0.1) is 0 Å². The van der Waals surface area contributed by atoms with Crippen LogP contribution in [0.15, 0.2) is 47.1 Å². The van der Waals surface area contributed by atoms with Gasteiger partial charge in [0, 0.05) is 38.4 Å². The molecule has 3 nitrogen and oxygen atoms in total. The monoisotopic (exact) mass is 328 g/mol. The Morgan fingerprint density at radius 3 is 2.80 bits per heavy atom. The van der Waals surface area contributed by atoms with Crippen molar-refractivity contribution in [1.82, 2.24) is 4.98 Å². The van der Waals surface area contributed by atoms with Gasteiger partial charge in [-0.1, -0.05) is 34.1 Å². The molecule has 0 aliphatic carbocycles. The van der Waals surface area contributed by atoms with Crippen LogP contribution >= 0.6 is 15.9 Å². The topological polar surface area (TPSA) is 58.9 Å². The fraction of sp³-hybridized carbons (Fsp3) is 0.0625. The first kappa shape index (κ1) is 12.9. The van der Waals surface area contributed by atoms with Crippen LogP contribution in [0.1, 0.15) is 21.5 Å². The van der Waals surface area contributed by atoms with E-state index in [1.807, 2.05) is 37.3 Å². The molecule has 0 spiro atoms. The van der Waals surface area contributed by atoms with Crippen molar-refractivity contribution in [2.45, 2.75) is 6.92 Å². The Morgan fingerprint density at radius 1 is 1.25 bits per heavy atom. The molecule has 0 bridgehead atoms. The third kappa shape index (κ3) is 2.02. The van der Waals surface area contributed by atoms with E-state index in [1.165, 1.54) is 0 Å². The number of aryl methyl sites for hydroxylation is 1. The number of aromatic amines is 1. The van der Waals surface area contributed by atoms with Gasteiger partial charge in [-0.05, 0) is 30.7 Å². The number of benzene rings is 2. The summed E-state index contributed by atoms with van der Waals surface area (Å²) in [5.74, 6) is -0.0471. The van der Waals surface area contributed by atoms with Crippen molar-refractivity contribution in [3.8, 4) is 0 Å². The third-order valence-corrected chi connectivity index (χ3v) is 3.91. The molecule has 4 heteroatoms. The second-order valence-electron chi connectivity index (χ2n) is 4.76. The highest BCUT2D eigenvalue weighted by atomic mass is 79.9.